The van der Waals surface area contributed by atoms with Gasteiger partial charge >= 0.3 is 0 Å². The summed E-state index contributed by atoms with van der Waals surface area (Å²) in [4.78, 5) is 92.4. The molecular formula is C124H122N10O10. The quantitative estimate of drug-likeness (QED) is 0.0815. The van der Waals surface area contributed by atoms with Crippen molar-refractivity contribution in [3.63, 3.8) is 0 Å². The molecule has 144 heavy (non-hydrogen) atoms. The fraction of sp³-hybridized carbons (Fsp3) is 0.355. The second kappa shape index (κ2) is 35.9. The molecule has 4 saturated carbocycles. The summed E-state index contributed by atoms with van der Waals surface area (Å²) in [6.07, 6.45) is 14.1. The predicted octanol–water partition coefficient (Wildman–Crippen LogP) is 27.7. The van der Waals surface area contributed by atoms with E-state index in [1.54, 1.807) is 64.7 Å². The van der Waals surface area contributed by atoms with Crippen LogP contribution in [0.3, 0.4) is 0 Å². The Kier molecular flexibility index (Phi) is 23.2. The van der Waals surface area contributed by atoms with Crippen molar-refractivity contribution in [2.45, 2.75) is 206 Å². The number of rotatable bonds is 8. The fourth-order valence-corrected chi connectivity index (χ4v) is 26.3. The highest BCUT2D eigenvalue weighted by atomic mass is 16.5. The second-order valence-electron chi connectivity index (χ2n) is 44.3. The molecule has 4 aromatic heterocycles. The van der Waals surface area contributed by atoms with Crippen LogP contribution in [0.4, 0.5) is 0 Å². The van der Waals surface area contributed by atoms with Crippen molar-refractivity contribution in [1.82, 2.24) is 50.5 Å². The summed E-state index contributed by atoms with van der Waals surface area (Å²) in [6, 6.07) is 70.3. The van der Waals surface area contributed by atoms with Crippen molar-refractivity contribution in [2.24, 2.45) is 47.3 Å². The average Bonchev–Trinajstić information content (AvgIpc) is 0.719. The Morgan fingerprint density at radius 2 is 0.486 bits per heavy atom. The van der Waals surface area contributed by atoms with Gasteiger partial charge in [0, 0.05) is 136 Å². The first kappa shape index (κ1) is 93.3. The smallest absolute Gasteiger partial charge is 0.251 e. The zero-order chi connectivity index (χ0) is 99.6. The highest BCUT2D eigenvalue weighted by Crippen LogP contribution is 2.62. The highest BCUT2D eigenvalue weighted by Gasteiger charge is 2.53. The van der Waals surface area contributed by atoms with Crippen LogP contribution in [-0.2, 0) is 0 Å². The van der Waals surface area contributed by atoms with Crippen molar-refractivity contribution < 1.29 is 47.6 Å². The minimum Gasteiger partial charge on any atom is -0.497 e. The number of carbonyl (C=O) groups is 4. The molecule has 0 bridgehead atoms. The van der Waals surface area contributed by atoms with Crippen LogP contribution >= 0.6 is 0 Å². The first-order chi connectivity index (χ1) is 69.4. The second-order valence-corrected chi connectivity index (χ2v) is 44.3. The summed E-state index contributed by atoms with van der Waals surface area (Å²) >= 11 is 0. The van der Waals surface area contributed by atoms with Crippen LogP contribution in [0.1, 0.15) is 259 Å². The maximum atomic E-state index is 13.3. The fourth-order valence-electron chi connectivity index (χ4n) is 26.3. The van der Waals surface area contributed by atoms with E-state index in [0.717, 1.165) is 211 Å². The molecule has 12 atom stereocenters. The van der Waals surface area contributed by atoms with Gasteiger partial charge in [0.1, 0.15) is 56.9 Å². The Morgan fingerprint density at radius 3 is 0.736 bits per heavy atom. The standard InChI is InChI=1S/2C34H32N2O3.2C28H29N3O2/c1-19-9-15-26-25(17-19)29-31-30(23-7-5-6-8-24(23)33(29)39-34(26,2)3)36-28-18-21(12-16-27(28)35-31)32(37)20-10-13-22(38-4)14-11-20;1-19-9-15-26-25(17-19)29-31-30(23-7-5-6-8-24(23)33(29)39-34(26,2)3)35-27-16-12-21(18-28(27)36-31)32(37)20-10-13-22(38-4)14-11-20;1-15-9-11-20-19(13-15)23-25-24(17-7-5-6-8-18(17)26(23)33-28(20,2)3)31-22-14-16(27(32)29-4)10-12-21(22)30-25;1-15-9-11-20-19(13-15)23-25-24(17-7-5-6-8-18(17)26(23)33-28(20,2)3)30-21-12-10-16(27(32)29-4)14-22(21)31-25/h2*5-8,10-14,16,18-19,25-26H,9,15,17H2,1-4H3;2*5-8,10,12,14-15,19-20H,9,11,13H2,1-4H3,(H,29,32)/t2*19-,25-,26-;2*15-,19-,20-/m0000/s1. The maximum absolute atomic E-state index is 13.3. The van der Waals surface area contributed by atoms with Gasteiger partial charge in [0.15, 0.2) is 11.6 Å². The number of aromatic nitrogens is 8. The van der Waals surface area contributed by atoms with Crippen LogP contribution in [0.15, 0.2) is 218 Å². The monoisotopic (exact) mass is 1910 g/mol. The summed E-state index contributed by atoms with van der Waals surface area (Å²) in [5.74, 6) is 10.9. The summed E-state index contributed by atoms with van der Waals surface area (Å²) < 4.78 is 37.8. The molecule has 0 unspecified atom stereocenters. The van der Waals surface area contributed by atoms with Crippen LogP contribution in [0.5, 0.6) is 34.5 Å². The Hall–Kier alpha value is -14.4. The topological polar surface area (TPSA) is 251 Å². The average molecular weight is 1910 g/mol. The zero-order valence-electron chi connectivity index (χ0n) is 84.9. The predicted molar refractivity (Wildman–Crippen MR) is 574 cm³/mol. The Bertz CT molecular complexity index is 8370. The summed E-state index contributed by atoms with van der Waals surface area (Å²) in [6.45, 7) is 27.4. The van der Waals surface area contributed by atoms with E-state index in [1.165, 1.54) is 54.4 Å². The molecule has 18 aromatic rings. The number of hydrogen-bond donors (Lipinski definition) is 2. The van der Waals surface area contributed by atoms with Gasteiger partial charge in [-0.2, -0.15) is 0 Å². The number of hydrogen-bond acceptors (Lipinski definition) is 18. The van der Waals surface area contributed by atoms with Gasteiger partial charge in [-0.3, -0.25) is 19.2 Å². The molecule has 4 aliphatic carbocycles. The van der Waals surface area contributed by atoms with Gasteiger partial charge in [0.05, 0.1) is 102 Å². The van der Waals surface area contributed by atoms with Gasteiger partial charge in [0.2, 0.25) is 0 Å². The zero-order valence-corrected chi connectivity index (χ0v) is 84.9. The number of fused-ring (bicyclic) bond motifs is 36. The van der Waals surface area contributed by atoms with Crippen molar-refractivity contribution in [1.29, 1.82) is 0 Å². The molecular weight excluding hydrogens is 1790 g/mol. The van der Waals surface area contributed by atoms with E-state index in [2.05, 4.69) is 173 Å². The molecule has 4 aliphatic heterocycles. The van der Waals surface area contributed by atoms with Crippen LogP contribution in [0.2, 0.25) is 0 Å². The largest absolute Gasteiger partial charge is 0.497 e. The minimum atomic E-state index is -0.253. The van der Waals surface area contributed by atoms with Crippen LogP contribution in [0, 0.1) is 47.3 Å². The van der Waals surface area contributed by atoms with Crippen molar-refractivity contribution >= 4 is 155 Å². The first-order valence-electron chi connectivity index (χ1n) is 51.6. The summed E-state index contributed by atoms with van der Waals surface area (Å²) in [5.41, 5.74) is 20.9. The molecule has 0 radical (unpaired) electrons. The number of methoxy groups -OCH3 is 2. The summed E-state index contributed by atoms with van der Waals surface area (Å²) in [7, 11) is 6.52. The van der Waals surface area contributed by atoms with E-state index in [4.69, 9.17) is 68.3 Å². The third-order valence-electron chi connectivity index (χ3n) is 33.5. The number of nitrogens with zero attached hydrogens (tertiary/aromatic N) is 8. The van der Waals surface area contributed by atoms with Gasteiger partial charge in [-0.15, -0.1) is 0 Å². The number of nitrogens with one attached hydrogen (secondary N) is 2. The molecule has 4 fully saturated rings. The lowest BCUT2D eigenvalue weighted by molar-refractivity contribution is -0.0118. The molecule has 2 amide bonds. The molecule has 0 spiro atoms. The molecule has 2 N–H and O–H groups in total. The Balaban J connectivity index is 0.000000107. The van der Waals surface area contributed by atoms with Gasteiger partial charge in [-0.05, 0) is 275 Å². The number of benzene rings is 14. The van der Waals surface area contributed by atoms with E-state index in [0.29, 0.717) is 104 Å². The van der Waals surface area contributed by atoms with E-state index in [-0.39, 0.29) is 45.8 Å². The van der Waals surface area contributed by atoms with Crippen molar-refractivity contribution in [3.8, 4) is 34.5 Å². The SMILES string of the molecule is CNC(=O)c1ccc2nc3c(nc2c1)c1c(c2ccccc23)OC(C)(C)[C@H]2CC[C@H](C)C[C@H]12.CNC(=O)c1ccc2nc3c4c(c5ccccc5c3nc2c1)OC(C)(C)[C@H]1CC[C@H](C)C[C@H]41.COc1ccc(C(=O)c2ccc3nc4c(nc3c2)c2c(c3ccccc34)OC(C)(C)[C@H]3CC[C@H](C)C[C@H]23)cc1.COc1ccc(C(=O)c2ccc3nc4c5c(c6ccccc6c4nc3c2)OC(C)(C)[C@H]2CC[C@H](C)C[C@H]52)cc1. The van der Waals surface area contributed by atoms with E-state index in [1.807, 2.05) is 103 Å². The maximum Gasteiger partial charge on any atom is 0.251 e. The summed E-state index contributed by atoms with van der Waals surface area (Å²) in [5, 5.41) is 14.0. The number of ether oxygens (including phenoxy) is 6. The third kappa shape index (κ3) is 16.0. The lowest BCUT2D eigenvalue weighted by atomic mass is 9.64. The van der Waals surface area contributed by atoms with Gasteiger partial charge in [-0.25, -0.2) is 39.9 Å². The van der Waals surface area contributed by atoms with E-state index >= 15 is 0 Å². The van der Waals surface area contributed by atoms with Crippen LogP contribution in [0.25, 0.3) is 131 Å². The molecule has 14 aromatic carbocycles. The van der Waals surface area contributed by atoms with E-state index in [9.17, 15) is 19.2 Å². The lowest BCUT2D eigenvalue weighted by Gasteiger charge is -2.49. The Morgan fingerprint density at radius 1 is 0.271 bits per heavy atom. The Labute approximate surface area is 838 Å². The lowest BCUT2D eigenvalue weighted by Crippen LogP contribution is -2.46. The van der Waals surface area contributed by atoms with Crippen molar-refractivity contribution in [3.05, 3.63) is 274 Å². The third-order valence-corrected chi connectivity index (χ3v) is 33.5. The van der Waals surface area contributed by atoms with Crippen LogP contribution in [-0.4, -0.2) is 114 Å². The van der Waals surface area contributed by atoms with Gasteiger partial charge in [0.25, 0.3) is 11.8 Å². The highest BCUT2D eigenvalue weighted by molar-refractivity contribution is 6.17. The molecule has 26 rings (SSSR count). The van der Waals surface area contributed by atoms with E-state index < -0.39 is 0 Å². The molecule has 8 heterocycles. The number of amides is 2. The van der Waals surface area contributed by atoms with Crippen LogP contribution < -0.4 is 39.1 Å². The molecule has 20 nitrogen and oxygen atoms in total. The molecule has 8 aliphatic rings. The molecule has 0 saturated heterocycles. The molecule has 728 valence electrons. The van der Waals surface area contributed by atoms with Gasteiger partial charge in [-0.1, -0.05) is 150 Å². The normalized spacial score (nSPS) is 22.7. The number of carbonyl (C=O) groups excluding carboxylic acids is 4. The van der Waals surface area contributed by atoms with Gasteiger partial charge < -0.3 is 39.1 Å². The van der Waals surface area contributed by atoms with Crippen molar-refractivity contribution in [2.75, 3.05) is 28.3 Å². The minimum absolute atomic E-state index is 0.0479. The number of ketones is 2. The first-order valence-corrected chi connectivity index (χ1v) is 51.6. The molecule has 20 heteroatoms.